The lowest BCUT2D eigenvalue weighted by Gasteiger charge is -2.39. The van der Waals surface area contributed by atoms with Gasteiger partial charge in [0.15, 0.2) is 6.61 Å². The van der Waals surface area contributed by atoms with Crippen molar-refractivity contribution < 1.29 is 9.53 Å². The number of hydrogen-bond acceptors (Lipinski definition) is 2. The Kier molecular flexibility index (Phi) is 3.70. The van der Waals surface area contributed by atoms with Crippen molar-refractivity contribution in [1.29, 1.82) is 0 Å². The van der Waals surface area contributed by atoms with Crippen molar-refractivity contribution in [2.45, 2.75) is 53.0 Å². The number of likely N-dealkylation sites (tertiary alicyclic amines) is 1. The molecule has 2 aliphatic rings. The number of ether oxygens (including phenoxy) is 1. The first-order valence-electron chi connectivity index (χ1n) is 8.25. The molecule has 0 unspecified atom stereocenters. The van der Waals surface area contributed by atoms with Crippen LogP contribution in [0, 0.1) is 17.8 Å². The van der Waals surface area contributed by atoms with Gasteiger partial charge in [0.2, 0.25) is 0 Å². The van der Waals surface area contributed by atoms with Gasteiger partial charge in [-0.3, -0.25) is 4.79 Å². The molecule has 1 amide bonds. The molecule has 1 saturated carbocycles. The van der Waals surface area contributed by atoms with Gasteiger partial charge in [-0.15, -0.1) is 0 Å². The van der Waals surface area contributed by atoms with Crippen molar-refractivity contribution in [3.8, 4) is 5.75 Å². The Morgan fingerprint density at radius 2 is 1.91 bits per heavy atom. The van der Waals surface area contributed by atoms with Gasteiger partial charge in [-0.25, -0.2) is 0 Å². The molecule has 1 aromatic rings. The zero-order valence-corrected chi connectivity index (χ0v) is 14.2. The van der Waals surface area contributed by atoms with E-state index in [0.29, 0.717) is 11.5 Å². The average Bonchev–Trinajstić information content (AvgIpc) is 2.67. The molecule has 22 heavy (non-hydrogen) atoms. The van der Waals surface area contributed by atoms with E-state index in [2.05, 4.69) is 25.7 Å². The van der Waals surface area contributed by atoms with Crippen LogP contribution in [0.25, 0.3) is 0 Å². The van der Waals surface area contributed by atoms with Gasteiger partial charge in [-0.2, -0.15) is 0 Å². The predicted molar refractivity (Wildman–Crippen MR) is 87.9 cm³/mol. The van der Waals surface area contributed by atoms with E-state index in [1.807, 2.05) is 31.2 Å². The topological polar surface area (TPSA) is 29.5 Å². The smallest absolute Gasteiger partial charge is 0.260 e. The highest BCUT2D eigenvalue weighted by atomic mass is 16.5. The van der Waals surface area contributed by atoms with Crippen LogP contribution in [0.15, 0.2) is 24.3 Å². The van der Waals surface area contributed by atoms with Crippen LogP contribution in [0.5, 0.6) is 5.75 Å². The summed E-state index contributed by atoms with van der Waals surface area (Å²) in [4.78, 5) is 14.7. The average molecular weight is 301 g/mol. The van der Waals surface area contributed by atoms with E-state index in [0.717, 1.165) is 25.1 Å². The summed E-state index contributed by atoms with van der Waals surface area (Å²) in [6.07, 6.45) is 3.46. The summed E-state index contributed by atoms with van der Waals surface area (Å²) in [5.74, 6) is 0.902. The first kappa shape index (κ1) is 15.4. The van der Waals surface area contributed by atoms with Gasteiger partial charge in [-0.05, 0) is 49.1 Å². The largest absolute Gasteiger partial charge is 0.484 e. The van der Waals surface area contributed by atoms with E-state index < -0.39 is 0 Å². The molecular weight excluding hydrogens is 274 g/mol. The fourth-order valence-corrected chi connectivity index (χ4v) is 4.61. The van der Waals surface area contributed by atoms with Crippen LogP contribution in [0.4, 0.5) is 0 Å². The molecule has 2 atom stereocenters. The number of hydrogen-bond donors (Lipinski definition) is 0. The summed E-state index contributed by atoms with van der Waals surface area (Å²) in [6, 6.07) is 8.26. The normalized spacial score (nSPS) is 29.5. The van der Waals surface area contributed by atoms with Gasteiger partial charge in [0.05, 0.1) is 0 Å². The number of rotatable bonds is 3. The third-order valence-electron chi connectivity index (χ3n) is 5.12. The number of carbonyl (C=O) groups excluding carboxylic acids is 1. The van der Waals surface area contributed by atoms with E-state index in [-0.39, 0.29) is 17.9 Å². The highest BCUT2D eigenvalue weighted by Crippen LogP contribution is 2.52. The number of nitrogens with zero attached hydrogens (tertiary/aromatic N) is 1. The molecule has 2 fully saturated rings. The molecular formula is C19H27NO2. The summed E-state index contributed by atoms with van der Waals surface area (Å²) in [5, 5.41) is 0. The lowest BCUT2D eigenvalue weighted by atomic mass is 9.65. The summed E-state index contributed by atoms with van der Waals surface area (Å²) in [6.45, 7) is 10.1. The number of carbonyl (C=O) groups is 1. The van der Waals surface area contributed by atoms with Gasteiger partial charge in [0, 0.05) is 12.6 Å². The number of amides is 1. The minimum Gasteiger partial charge on any atom is -0.484 e. The molecule has 1 aliphatic carbocycles. The molecule has 120 valence electrons. The lowest BCUT2D eigenvalue weighted by Crippen LogP contribution is -2.40. The van der Waals surface area contributed by atoms with Crippen LogP contribution < -0.4 is 4.74 Å². The van der Waals surface area contributed by atoms with E-state index in [1.165, 1.54) is 12.0 Å². The monoisotopic (exact) mass is 301 g/mol. The Hall–Kier alpha value is -1.51. The Labute approximate surface area is 133 Å². The van der Waals surface area contributed by atoms with E-state index in [1.54, 1.807) is 0 Å². The van der Waals surface area contributed by atoms with Crippen molar-refractivity contribution >= 4 is 5.91 Å². The van der Waals surface area contributed by atoms with Crippen molar-refractivity contribution in [3.05, 3.63) is 29.8 Å². The van der Waals surface area contributed by atoms with Crippen LogP contribution in [-0.2, 0) is 4.79 Å². The lowest BCUT2D eigenvalue weighted by molar-refractivity contribution is -0.134. The van der Waals surface area contributed by atoms with E-state index >= 15 is 0 Å². The molecule has 1 aliphatic heterocycles. The second-order valence-corrected chi connectivity index (χ2v) is 8.34. The molecule has 3 nitrogen and oxygen atoms in total. The maximum atomic E-state index is 12.6. The molecule has 1 saturated heterocycles. The Bertz CT molecular complexity index is 563. The molecule has 0 radical (unpaired) electrons. The second kappa shape index (κ2) is 5.29. The van der Waals surface area contributed by atoms with Crippen molar-refractivity contribution in [2.24, 2.45) is 10.8 Å². The summed E-state index contributed by atoms with van der Waals surface area (Å²) < 4.78 is 5.68. The van der Waals surface area contributed by atoms with Crippen molar-refractivity contribution in [1.82, 2.24) is 4.90 Å². The van der Waals surface area contributed by atoms with Crippen LogP contribution in [-0.4, -0.2) is 30.0 Å². The third-order valence-corrected chi connectivity index (χ3v) is 5.12. The first-order chi connectivity index (χ1) is 10.3. The highest BCUT2D eigenvalue weighted by molar-refractivity contribution is 5.78. The first-order valence-corrected chi connectivity index (χ1v) is 8.25. The van der Waals surface area contributed by atoms with Crippen LogP contribution >= 0.6 is 0 Å². The van der Waals surface area contributed by atoms with Gasteiger partial charge in [-0.1, -0.05) is 38.5 Å². The Balaban J connectivity index is 1.62. The zero-order chi connectivity index (χ0) is 16.0. The molecule has 0 spiro atoms. The molecule has 1 aromatic carbocycles. The van der Waals surface area contributed by atoms with Gasteiger partial charge >= 0.3 is 0 Å². The molecule has 0 aromatic heterocycles. The molecule has 3 heteroatoms. The Morgan fingerprint density at radius 1 is 1.23 bits per heavy atom. The van der Waals surface area contributed by atoms with Gasteiger partial charge in [0.25, 0.3) is 5.91 Å². The standard InChI is InChI=1S/C19H27NO2/c1-14-5-7-16(8-6-14)22-11-17(21)20-13-19(4)10-15(20)9-18(2,3)12-19/h5-8,15H,9-13H2,1-4H3/t15-,19+/m0/s1. The van der Waals surface area contributed by atoms with Gasteiger partial charge in [0.1, 0.15) is 5.75 Å². The second-order valence-electron chi connectivity index (χ2n) is 8.34. The maximum Gasteiger partial charge on any atom is 0.260 e. The fraction of sp³-hybridized carbons (Fsp3) is 0.632. The predicted octanol–water partition coefficient (Wildman–Crippen LogP) is 3.80. The van der Waals surface area contributed by atoms with Crippen molar-refractivity contribution in [3.63, 3.8) is 0 Å². The minimum atomic E-state index is 0.131. The number of fused-ring (bicyclic) bond motifs is 2. The zero-order valence-electron chi connectivity index (χ0n) is 14.2. The number of benzene rings is 1. The quantitative estimate of drug-likeness (QED) is 0.850. The highest BCUT2D eigenvalue weighted by Gasteiger charge is 2.50. The van der Waals surface area contributed by atoms with Crippen LogP contribution in [0.1, 0.15) is 45.6 Å². The molecule has 0 N–H and O–H groups in total. The fourth-order valence-electron chi connectivity index (χ4n) is 4.61. The molecule has 1 heterocycles. The van der Waals surface area contributed by atoms with Crippen LogP contribution in [0.3, 0.4) is 0 Å². The Morgan fingerprint density at radius 3 is 2.59 bits per heavy atom. The van der Waals surface area contributed by atoms with Crippen molar-refractivity contribution in [2.75, 3.05) is 13.2 Å². The summed E-state index contributed by atoms with van der Waals surface area (Å²) >= 11 is 0. The van der Waals surface area contributed by atoms with E-state index in [4.69, 9.17) is 4.74 Å². The number of aryl methyl sites for hydroxylation is 1. The minimum absolute atomic E-state index is 0.131. The summed E-state index contributed by atoms with van der Waals surface area (Å²) in [5.41, 5.74) is 1.82. The SMILES string of the molecule is Cc1ccc(OCC(=O)N2C[C@]3(C)C[C@@H]2CC(C)(C)C3)cc1. The molecule has 3 rings (SSSR count). The third kappa shape index (κ3) is 3.13. The van der Waals surface area contributed by atoms with Crippen LogP contribution in [0.2, 0.25) is 0 Å². The summed E-state index contributed by atoms with van der Waals surface area (Å²) in [7, 11) is 0. The maximum absolute atomic E-state index is 12.6. The van der Waals surface area contributed by atoms with Gasteiger partial charge < -0.3 is 9.64 Å². The molecule has 2 bridgehead atoms. The van der Waals surface area contributed by atoms with E-state index in [9.17, 15) is 4.79 Å².